The molecule has 0 fully saturated rings. The Hall–Kier alpha value is -3.66. The third kappa shape index (κ3) is 4.02. The lowest BCUT2D eigenvalue weighted by atomic mass is 9.95. The van der Waals surface area contributed by atoms with E-state index in [-0.39, 0.29) is 12.3 Å². The number of aromatic nitrogens is 3. The van der Waals surface area contributed by atoms with Crippen LogP contribution in [-0.4, -0.2) is 45.5 Å². The van der Waals surface area contributed by atoms with Crippen LogP contribution in [-0.2, 0) is 18.3 Å². The molecular weight excluding hydrogens is 388 g/mol. The maximum Gasteiger partial charge on any atom is 0.237 e. The molecule has 3 aromatic rings. The number of nitrogens with zero attached hydrogens (tertiary/aromatic N) is 6. The first-order valence-corrected chi connectivity index (χ1v) is 10.5. The molecule has 7 nitrogen and oxygen atoms in total. The summed E-state index contributed by atoms with van der Waals surface area (Å²) in [6.07, 6.45) is 7.41. The molecule has 0 N–H and O–H groups in total. The maximum atomic E-state index is 11.9. The number of carbonyl (C=O) groups excluding carboxylic acids is 1. The number of pyridine rings is 1. The summed E-state index contributed by atoms with van der Waals surface area (Å²) in [5.74, 6) is -0.0944. The summed E-state index contributed by atoms with van der Waals surface area (Å²) in [5.41, 5.74) is 7.62. The first-order valence-electron chi connectivity index (χ1n) is 10.5. The Balaban J connectivity index is 1.59. The van der Waals surface area contributed by atoms with E-state index in [0.717, 1.165) is 35.4 Å². The zero-order valence-electron chi connectivity index (χ0n) is 18.2. The predicted molar refractivity (Wildman–Crippen MR) is 122 cm³/mol. The van der Waals surface area contributed by atoms with Crippen molar-refractivity contribution in [2.75, 3.05) is 25.0 Å². The van der Waals surface area contributed by atoms with Gasteiger partial charge in [0.1, 0.15) is 6.42 Å². The molecule has 2 aromatic heterocycles. The Kier molecular flexibility index (Phi) is 5.72. The second-order valence-electron chi connectivity index (χ2n) is 7.80. The van der Waals surface area contributed by atoms with Gasteiger partial charge in [0.25, 0.3) is 0 Å². The zero-order chi connectivity index (χ0) is 22.0. The van der Waals surface area contributed by atoms with E-state index in [9.17, 15) is 4.79 Å². The molecule has 0 unspecified atom stereocenters. The molecule has 1 aliphatic heterocycles. The van der Waals surface area contributed by atoms with Gasteiger partial charge in [-0.3, -0.25) is 4.79 Å². The van der Waals surface area contributed by atoms with Crippen molar-refractivity contribution in [3.63, 3.8) is 0 Å². The predicted octanol–water partition coefficient (Wildman–Crippen LogP) is 3.83. The number of anilines is 2. The fourth-order valence-electron chi connectivity index (χ4n) is 4.05. The fraction of sp³-hybridized carbons (Fsp3) is 0.333. The Bertz CT molecular complexity index is 1200. The first kappa shape index (κ1) is 20.6. The van der Waals surface area contributed by atoms with Crippen molar-refractivity contribution in [2.24, 2.45) is 7.05 Å². The topological polar surface area (TPSA) is 78.1 Å². The van der Waals surface area contributed by atoms with E-state index in [0.29, 0.717) is 13.1 Å². The maximum absolute atomic E-state index is 11.9. The van der Waals surface area contributed by atoms with Crippen LogP contribution in [0.3, 0.4) is 0 Å². The third-order valence-corrected chi connectivity index (χ3v) is 5.94. The molecule has 158 valence electrons. The Morgan fingerprint density at radius 2 is 2.13 bits per heavy atom. The number of hydrogen-bond donors (Lipinski definition) is 0. The van der Waals surface area contributed by atoms with Crippen LogP contribution in [0.1, 0.15) is 30.9 Å². The molecule has 0 aliphatic carbocycles. The minimum Gasteiger partial charge on any atom is -0.343 e. The van der Waals surface area contributed by atoms with E-state index in [1.807, 2.05) is 23.9 Å². The van der Waals surface area contributed by atoms with Gasteiger partial charge >= 0.3 is 0 Å². The molecular formula is C24H26N6O. The molecule has 0 saturated carbocycles. The number of fused-ring (bicyclic) bond motifs is 1. The summed E-state index contributed by atoms with van der Waals surface area (Å²) in [6, 6.07) is 10.6. The highest BCUT2D eigenvalue weighted by molar-refractivity contribution is 5.81. The van der Waals surface area contributed by atoms with Crippen molar-refractivity contribution in [2.45, 2.75) is 26.2 Å². The molecule has 4 rings (SSSR count). The van der Waals surface area contributed by atoms with Gasteiger partial charge in [0, 0.05) is 32.9 Å². The molecule has 7 heteroatoms. The van der Waals surface area contributed by atoms with Gasteiger partial charge < -0.3 is 14.4 Å². The molecule has 0 radical (unpaired) electrons. The number of hydrogen-bond acceptors (Lipinski definition) is 5. The molecule has 0 atom stereocenters. The lowest BCUT2D eigenvalue weighted by Crippen LogP contribution is -2.34. The fourth-order valence-corrected chi connectivity index (χ4v) is 4.05. The van der Waals surface area contributed by atoms with Crippen LogP contribution in [0.4, 0.5) is 11.4 Å². The van der Waals surface area contributed by atoms with Crippen molar-refractivity contribution < 1.29 is 4.79 Å². The quantitative estimate of drug-likeness (QED) is 0.634. The van der Waals surface area contributed by atoms with Crippen molar-refractivity contribution in [3.8, 4) is 6.07 Å². The molecule has 0 bridgehead atoms. The number of benzene rings is 1. The standard InChI is InChI=1S/C24H26N6O/c1-4-17-13-19(18-8-11-30(12-9-18)23(31)7-10-25)5-6-21(17)29(3)20-14-22-24(26-15-20)27-16-28(22)2/h5-6,8,13-16H,4,7,9,11-12H2,1-3H3. The van der Waals surface area contributed by atoms with Crippen LogP contribution in [0.25, 0.3) is 16.7 Å². The van der Waals surface area contributed by atoms with E-state index in [1.165, 1.54) is 16.7 Å². The summed E-state index contributed by atoms with van der Waals surface area (Å²) >= 11 is 0. The summed E-state index contributed by atoms with van der Waals surface area (Å²) < 4.78 is 1.98. The van der Waals surface area contributed by atoms with Crippen molar-refractivity contribution in [1.82, 2.24) is 19.4 Å². The highest BCUT2D eigenvalue weighted by Crippen LogP contribution is 2.32. The Morgan fingerprint density at radius 3 is 2.84 bits per heavy atom. The largest absolute Gasteiger partial charge is 0.343 e. The van der Waals surface area contributed by atoms with Gasteiger partial charge in [-0.25, -0.2) is 9.97 Å². The second-order valence-corrected chi connectivity index (χ2v) is 7.80. The number of imidazole rings is 1. The summed E-state index contributed by atoms with van der Waals surface area (Å²) in [5, 5.41) is 8.74. The van der Waals surface area contributed by atoms with Gasteiger partial charge in [-0.2, -0.15) is 5.26 Å². The van der Waals surface area contributed by atoms with Crippen molar-refractivity contribution in [1.29, 1.82) is 5.26 Å². The van der Waals surface area contributed by atoms with Gasteiger partial charge in [0.15, 0.2) is 5.65 Å². The number of nitriles is 1. The lowest BCUT2D eigenvalue weighted by molar-refractivity contribution is -0.129. The van der Waals surface area contributed by atoms with Crippen molar-refractivity contribution in [3.05, 3.63) is 54.0 Å². The van der Waals surface area contributed by atoms with Crippen LogP contribution in [0.2, 0.25) is 0 Å². The average Bonchev–Trinajstić information content (AvgIpc) is 3.18. The molecule has 1 aromatic carbocycles. The van der Waals surface area contributed by atoms with Crippen LogP contribution in [0, 0.1) is 11.3 Å². The lowest BCUT2D eigenvalue weighted by Gasteiger charge is -2.27. The minimum absolute atomic E-state index is 0.0519. The van der Waals surface area contributed by atoms with E-state index in [4.69, 9.17) is 5.26 Å². The highest BCUT2D eigenvalue weighted by atomic mass is 16.2. The van der Waals surface area contributed by atoms with Gasteiger partial charge in [0.2, 0.25) is 5.91 Å². The number of amides is 1. The van der Waals surface area contributed by atoms with Crippen LogP contribution < -0.4 is 4.90 Å². The van der Waals surface area contributed by atoms with Gasteiger partial charge in [0.05, 0.1) is 29.8 Å². The molecule has 31 heavy (non-hydrogen) atoms. The number of aryl methyl sites for hydroxylation is 2. The van der Waals surface area contributed by atoms with Gasteiger partial charge in [-0.15, -0.1) is 0 Å². The molecule has 1 aliphatic rings. The normalized spacial score (nSPS) is 13.7. The van der Waals surface area contributed by atoms with E-state index < -0.39 is 0 Å². The molecule has 3 heterocycles. The van der Waals surface area contributed by atoms with Crippen LogP contribution >= 0.6 is 0 Å². The average molecular weight is 415 g/mol. The van der Waals surface area contributed by atoms with E-state index in [1.54, 1.807) is 11.2 Å². The van der Waals surface area contributed by atoms with Gasteiger partial charge in [-0.1, -0.05) is 19.1 Å². The van der Waals surface area contributed by atoms with Crippen LogP contribution in [0.15, 0.2) is 42.9 Å². The number of rotatable bonds is 5. The molecule has 0 spiro atoms. The summed E-state index contributed by atoms with van der Waals surface area (Å²) in [6.45, 7) is 3.39. The monoisotopic (exact) mass is 414 g/mol. The van der Waals surface area contributed by atoms with Gasteiger partial charge in [-0.05, 0) is 47.7 Å². The highest BCUT2D eigenvalue weighted by Gasteiger charge is 2.19. The SMILES string of the molecule is CCc1cc(C2=CCN(C(=O)CC#N)CC2)ccc1N(C)c1cnc2ncn(C)c2c1. The Labute approximate surface area is 182 Å². The van der Waals surface area contributed by atoms with Crippen molar-refractivity contribution >= 4 is 34.0 Å². The molecule has 0 saturated heterocycles. The second kappa shape index (κ2) is 8.60. The number of carbonyl (C=O) groups is 1. The molecule has 1 amide bonds. The third-order valence-electron chi connectivity index (χ3n) is 5.94. The first-order chi connectivity index (χ1) is 15.0. The van der Waals surface area contributed by atoms with Crippen LogP contribution in [0.5, 0.6) is 0 Å². The minimum atomic E-state index is -0.0944. The zero-order valence-corrected chi connectivity index (χ0v) is 18.2. The summed E-state index contributed by atoms with van der Waals surface area (Å²) in [7, 11) is 4.03. The summed E-state index contributed by atoms with van der Waals surface area (Å²) in [4.78, 5) is 24.6. The smallest absolute Gasteiger partial charge is 0.237 e. The van der Waals surface area contributed by atoms with E-state index in [2.05, 4.69) is 59.2 Å². The Morgan fingerprint density at radius 1 is 1.29 bits per heavy atom. The van der Waals surface area contributed by atoms with E-state index >= 15 is 0 Å².